The molecule has 0 saturated heterocycles. The third-order valence-corrected chi connectivity index (χ3v) is 5.45. The van der Waals surface area contributed by atoms with Crippen LogP contribution in [0.4, 0.5) is 5.82 Å². The third-order valence-electron chi connectivity index (χ3n) is 4.23. The van der Waals surface area contributed by atoms with E-state index < -0.39 is 18.0 Å². The first kappa shape index (κ1) is 17.7. The van der Waals surface area contributed by atoms with Crippen LogP contribution in [0.3, 0.4) is 0 Å². The highest BCUT2D eigenvalue weighted by molar-refractivity contribution is 7.14. The second-order valence-corrected chi connectivity index (χ2v) is 7.47. The van der Waals surface area contributed by atoms with E-state index in [4.69, 9.17) is 9.26 Å². The molecular weight excluding hydrogens is 340 g/mol. The van der Waals surface area contributed by atoms with Gasteiger partial charge in [0.1, 0.15) is 10.6 Å². The summed E-state index contributed by atoms with van der Waals surface area (Å²) in [4.78, 5) is 26.3. The van der Waals surface area contributed by atoms with Crippen molar-refractivity contribution in [2.24, 2.45) is 0 Å². The average Bonchev–Trinajstić information content (AvgIpc) is 3.13. The molecule has 2 heterocycles. The Morgan fingerprint density at radius 3 is 2.72 bits per heavy atom. The average molecular weight is 362 g/mol. The van der Waals surface area contributed by atoms with Crippen LogP contribution < -0.4 is 5.32 Å². The Hall–Kier alpha value is -2.15. The van der Waals surface area contributed by atoms with E-state index in [1.807, 2.05) is 6.07 Å². The second-order valence-electron chi connectivity index (χ2n) is 6.33. The fraction of sp³-hybridized carbons (Fsp3) is 0.500. The van der Waals surface area contributed by atoms with E-state index in [-0.39, 0.29) is 0 Å². The van der Waals surface area contributed by atoms with Crippen LogP contribution in [0.1, 0.15) is 58.5 Å². The van der Waals surface area contributed by atoms with Gasteiger partial charge in [-0.25, -0.2) is 4.79 Å². The van der Waals surface area contributed by atoms with Crippen LogP contribution in [-0.4, -0.2) is 23.1 Å². The fourth-order valence-electron chi connectivity index (χ4n) is 2.87. The summed E-state index contributed by atoms with van der Waals surface area (Å²) < 4.78 is 10.2. The number of carbonyl (C=O) groups is 2. The summed E-state index contributed by atoms with van der Waals surface area (Å²) in [6.07, 6.45) is 5.94. The van der Waals surface area contributed by atoms with E-state index in [9.17, 15) is 9.59 Å². The molecule has 0 radical (unpaired) electrons. The van der Waals surface area contributed by atoms with Crippen molar-refractivity contribution in [3.05, 3.63) is 33.2 Å². The van der Waals surface area contributed by atoms with Gasteiger partial charge in [0.25, 0.3) is 5.91 Å². The van der Waals surface area contributed by atoms with E-state index in [1.165, 1.54) is 34.6 Å². The monoisotopic (exact) mass is 362 g/mol. The van der Waals surface area contributed by atoms with Crippen molar-refractivity contribution in [2.45, 2.75) is 58.5 Å². The number of nitrogens with one attached hydrogen (secondary N) is 1. The van der Waals surface area contributed by atoms with Gasteiger partial charge >= 0.3 is 5.97 Å². The highest BCUT2D eigenvalue weighted by Gasteiger charge is 2.22. The molecule has 0 bridgehead atoms. The number of amides is 1. The number of carbonyl (C=O) groups excluding carboxylic acids is 2. The predicted octanol–water partition coefficient (Wildman–Crippen LogP) is 3.89. The Balaban J connectivity index is 1.61. The standard InChI is InChI=1S/C18H22N2O4S/c1-11-9-16(20-24-11)19-17(21)12(2)23-18(22)15-10-13-7-5-3-4-6-8-14(13)25-15/h9-10,12H,3-8H2,1-2H3,(H,19,20,21)/t12-/m0/s1. The fourth-order valence-corrected chi connectivity index (χ4v) is 4.01. The number of nitrogens with zero attached hydrogens (tertiary/aromatic N) is 1. The smallest absolute Gasteiger partial charge is 0.349 e. The first-order valence-corrected chi connectivity index (χ1v) is 9.41. The molecular formula is C18H22N2O4S. The minimum absolute atomic E-state index is 0.310. The van der Waals surface area contributed by atoms with Crippen LogP contribution in [0, 0.1) is 6.92 Å². The van der Waals surface area contributed by atoms with Gasteiger partial charge in [0.2, 0.25) is 0 Å². The first-order chi connectivity index (χ1) is 12.0. The first-order valence-electron chi connectivity index (χ1n) is 8.59. The number of esters is 1. The lowest BCUT2D eigenvalue weighted by atomic mass is 10.00. The van der Waals surface area contributed by atoms with Crippen molar-refractivity contribution in [3.8, 4) is 0 Å². The van der Waals surface area contributed by atoms with Crippen molar-refractivity contribution in [1.82, 2.24) is 5.16 Å². The quantitative estimate of drug-likeness (QED) is 0.835. The normalized spacial score (nSPS) is 15.6. The molecule has 6 nitrogen and oxygen atoms in total. The molecule has 0 unspecified atom stereocenters. The molecule has 2 aromatic heterocycles. The zero-order chi connectivity index (χ0) is 17.8. The third kappa shape index (κ3) is 4.48. The van der Waals surface area contributed by atoms with Crippen LogP contribution >= 0.6 is 11.3 Å². The van der Waals surface area contributed by atoms with Gasteiger partial charge in [0.05, 0.1) is 0 Å². The zero-order valence-electron chi connectivity index (χ0n) is 14.5. The van der Waals surface area contributed by atoms with Crippen molar-refractivity contribution < 1.29 is 18.8 Å². The molecule has 1 aliphatic rings. The lowest BCUT2D eigenvalue weighted by Crippen LogP contribution is -2.29. The molecule has 7 heteroatoms. The maximum absolute atomic E-state index is 12.4. The van der Waals surface area contributed by atoms with Gasteiger partial charge in [-0.05, 0) is 51.2 Å². The van der Waals surface area contributed by atoms with Crippen molar-refractivity contribution in [3.63, 3.8) is 0 Å². The Morgan fingerprint density at radius 2 is 2.00 bits per heavy atom. The number of aryl methyl sites for hydroxylation is 3. The number of fused-ring (bicyclic) bond motifs is 1. The van der Waals surface area contributed by atoms with Gasteiger partial charge in [0, 0.05) is 10.9 Å². The molecule has 0 aliphatic heterocycles. The molecule has 0 saturated carbocycles. The zero-order valence-corrected chi connectivity index (χ0v) is 15.3. The van der Waals surface area contributed by atoms with Crippen LogP contribution in [0.25, 0.3) is 0 Å². The summed E-state index contributed by atoms with van der Waals surface area (Å²) in [6.45, 7) is 3.28. The van der Waals surface area contributed by atoms with Crippen LogP contribution in [0.15, 0.2) is 16.7 Å². The van der Waals surface area contributed by atoms with Gasteiger partial charge in [-0.2, -0.15) is 0 Å². The van der Waals surface area contributed by atoms with E-state index in [1.54, 1.807) is 19.9 Å². The second kappa shape index (κ2) is 7.82. The molecule has 0 aromatic carbocycles. The highest BCUT2D eigenvalue weighted by Crippen LogP contribution is 2.29. The summed E-state index contributed by atoms with van der Waals surface area (Å²) in [6, 6.07) is 3.53. The molecule has 1 amide bonds. The number of hydrogen-bond donors (Lipinski definition) is 1. The minimum atomic E-state index is -0.908. The van der Waals surface area contributed by atoms with Crippen molar-refractivity contribution >= 4 is 29.0 Å². The van der Waals surface area contributed by atoms with E-state index in [0.29, 0.717) is 16.5 Å². The lowest BCUT2D eigenvalue weighted by Gasteiger charge is -2.11. The topological polar surface area (TPSA) is 81.4 Å². The van der Waals surface area contributed by atoms with Crippen molar-refractivity contribution in [1.29, 1.82) is 0 Å². The molecule has 3 rings (SSSR count). The highest BCUT2D eigenvalue weighted by atomic mass is 32.1. The van der Waals surface area contributed by atoms with Crippen LogP contribution in [0.5, 0.6) is 0 Å². The molecule has 1 N–H and O–H groups in total. The number of hydrogen-bond acceptors (Lipinski definition) is 6. The number of ether oxygens (including phenoxy) is 1. The number of anilines is 1. The summed E-state index contributed by atoms with van der Waals surface area (Å²) in [5.74, 6) is 0.0211. The van der Waals surface area contributed by atoms with E-state index in [2.05, 4.69) is 10.5 Å². The lowest BCUT2D eigenvalue weighted by molar-refractivity contribution is -0.123. The van der Waals surface area contributed by atoms with Gasteiger partial charge in [-0.15, -0.1) is 11.3 Å². The number of thiophene rings is 1. The molecule has 0 fully saturated rings. The number of rotatable bonds is 4. The van der Waals surface area contributed by atoms with E-state index in [0.717, 1.165) is 25.7 Å². The molecule has 2 aromatic rings. The summed E-state index contributed by atoms with van der Waals surface area (Å²) in [5.41, 5.74) is 1.26. The SMILES string of the molecule is Cc1cc(NC(=O)[C@H](C)OC(=O)c2cc3c(s2)CCCCCC3)no1. The van der Waals surface area contributed by atoms with Crippen LogP contribution in [-0.2, 0) is 22.4 Å². The van der Waals surface area contributed by atoms with E-state index >= 15 is 0 Å². The summed E-state index contributed by atoms with van der Waals surface area (Å²) >= 11 is 1.49. The maximum Gasteiger partial charge on any atom is 0.349 e. The predicted molar refractivity (Wildman–Crippen MR) is 94.9 cm³/mol. The summed E-state index contributed by atoms with van der Waals surface area (Å²) in [7, 11) is 0. The Bertz CT molecular complexity index is 739. The number of aromatic nitrogens is 1. The summed E-state index contributed by atoms with van der Waals surface area (Å²) in [5, 5.41) is 6.26. The minimum Gasteiger partial charge on any atom is -0.448 e. The Labute approximate surface area is 150 Å². The maximum atomic E-state index is 12.4. The van der Waals surface area contributed by atoms with Crippen LogP contribution in [0.2, 0.25) is 0 Å². The van der Waals surface area contributed by atoms with Gasteiger partial charge in [-0.1, -0.05) is 18.0 Å². The van der Waals surface area contributed by atoms with Gasteiger partial charge < -0.3 is 14.6 Å². The molecule has 1 atom stereocenters. The molecule has 1 aliphatic carbocycles. The Kier molecular flexibility index (Phi) is 5.53. The Morgan fingerprint density at radius 1 is 1.24 bits per heavy atom. The molecule has 134 valence electrons. The molecule has 0 spiro atoms. The van der Waals surface area contributed by atoms with Crippen molar-refractivity contribution in [2.75, 3.05) is 5.32 Å². The molecule has 25 heavy (non-hydrogen) atoms. The largest absolute Gasteiger partial charge is 0.448 e. The van der Waals surface area contributed by atoms with Gasteiger partial charge in [-0.3, -0.25) is 4.79 Å². The van der Waals surface area contributed by atoms with Gasteiger partial charge in [0.15, 0.2) is 11.9 Å².